The minimum atomic E-state index is -0.113. The van der Waals surface area contributed by atoms with Gasteiger partial charge in [0, 0.05) is 25.2 Å². The number of amides is 1. The minimum Gasteiger partial charge on any atom is -0.354 e. The van der Waals surface area contributed by atoms with E-state index >= 15 is 0 Å². The summed E-state index contributed by atoms with van der Waals surface area (Å²) >= 11 is 0. The molecule has 6 heteroatoms. The van der Waals surface area contributed by atoms with Gasteiger partial charge in [0.1, 0.15) is 17.8 Å². The third kappa shape index (κ3) is 5.16. The van der Waals surface area contributed by atoms with Gasteiger partial charge in [-0.3, -0.25) is 4.79 Å². The Morgan fingerprint density at radius 2 is 2.22 bits per heavy atom. The first-order valence-corrected chi connectivity index (χ1v) is 8.63. The molecule has 1 atom stereocenters. The molecule has 0 aromatic carbocycles. The Labute approximate surface area is 139 Å². The summed E-state index contributed by atoms with van der Waals surface area (Å²) in [7, 11) is 4.06. The van der Waals surface area contributed by atoms with Crippen LogP contribution in [0.15, 0.2) is 12.4 Å². The molecule has 1 unspecified atom stereocenters. The van der Waals surface area contributed by atoms with Gasteiger partial charge in [0.05, 0.1) is 0 Å². The fraction of sp³-hybridized carbons (Fsp3) is 0.706. The molecule has 2 rings (SSSR count). The Balaban J connectivity index is 1.97. The molecule has 2 heterocycles. The molecular weight excluding hydrogens is 290 g/mol. The SMILES string of the molecule is CCC1CCCCN1c1cc(C(=O)NCCCN(C)C)ncn1. The zero-order chi connectivity index (χ0) is 16.7. The lowest BCUT2D eigenvalue weighted by Gasteiger charge is -2.36. The fourth-order valence-corrected chi connectivity index (χ4v) is 3.04. The number of rotatable bonds is 7. The zero-order valence-corrected chi connectivity index (χ0v) is 14.6. The summed E-state index contributed by atoms with van der Waals surface area (Å²) in [5.74, 6) is 0.766. The zero-order valence-electron chi connectivity index (χ0n) is 14.6. The molecule has 1 aliphatic heterocycles. The first-order chi connectivity index (χ1) is 11.1. The number of piperidine rings is 1. The predicted molar refractivity (Wildman–Crippen MR) is 92.8 cm³/mol. The summed E-state index contributed by atoms with van der Waals surface area (Å²) in [4.78, 5) is 25.2. The van der Waals surface area contributed by atoms with Gasteiger partial charge >= 0.3 is 0 Å². The maximum Gasteiger partial charge on any atom is 0.270 e. The number of anilines is 1. The fourth-order valence-electron chi connectivity index (χ4n) is 3.04. The highest BCUT2D eigenvalue weighted by atomic mass is 16.1. The molecule has 0 radical (unpaired) electrons. The largest absolute Gasteiger partial charge is 0.354 e. The van der Waals surface area contributed by atoms with Crippen LogP contribution in [0, 0.1) is 0 Å². The number of hydrogen-bond donors (Lipinski definition) is 1. The van der Waals surface area contributed by atoms with Gasteiger partial charge in [0.15, 0.2) is 0 Å². The molecule has 0 saturated carbocycles. The van der Waals surface area contributed by atoms with Crippen molar-refractivity contribution in [1.82, 2.24) is 20.2 Å². The van der Waals surface area contributed by atoms with E-state index in [2.05, 4.69) is 32.0 Å². The van der Waals surface area contributed by atoms with Gasteiger partial charge in [0.25, 0.3) is 5.91 Å². The Morgan fingerprint density at radius 3 is 2.96 bits per heavy atom. The average Bonchev–Trinajstić information content (AvgIpc) is 2.58. The number of hydrogen-bond acceptors (Lipinski definition) is 5. The molecule has 1 amide bonds. The van der Waals surface area contributed by atoms with Crippen molar-refractivity contribution in [3.05, 3.63) is 18.1 Å². The summed E-state index contributed by atoms with van der Waals surface area (Å²) in [5, 5.41) is 2.94. The molecule has 0 spiro atoms. The van der Waals surface area contributed by atoms with Crippen LogP contribution in [-0.4, -0.2) is 60.5 Å². The van der Waals surface area contributed by atoms with E-state index in [1.54, 1.807) is 0 Å². The van der Waals surface area contributed by atoms with E-state index in [0.717, 1.165) is 31.7 Å². The highest BCUT2D eigenvalue weighted by Crippen LogP contribution is 2.24. The lowest BCUT2D eigenvalue weighted by molar-refractivity contribution is 0.0947. The molecule has 23 heavy (non-hydrogen) atoms. The normalized spacial score (nSPS) is 18.3. The Morgan fingerprint density at radius 1 is 1.39 bits per heavy atom. The van der Waals surface area contributed by atoms with Crippen LogP contribution >= 0.6 is 0 Å². The van der Waals surface area contributed by atoms with Crippen molar-refractivity contribution in [3.8, 4) is 0 Å². The van der Waals surface area contributed by atoms with Gasteiger partial charge < -0.3 is 15.1 Å². The lowest BCUT2D eigenvalue weighted by Crippen LogP contribution is -2.40. The Bertz CT molecular complexity index is 506. The molecule has 1 aromatic heterocycles. The second kappa shape index (κ2) is 8.82. The second-order valence-corrected chi connectivity index (χ2v) is 6.43. The topological polar surface area (TPSA) is 61.4 Å². The van der Waals surface area contributed by atoms with Gasteiger partial charge in [-0.1, -0.05) is 6.92 Å². The van der Waals surface area contributed by atoms with Crippen LogP contribution in [0.3, 0.4) is 0 Å². The molecule has 1 fully saturated rings. The monoisotopic (exact) mass is 319 g/mol. The quantitative estimate of drug-likeness (QED) is 0.778. The van der Waals surface area contributed by atoms with Crippen LogP contribution < -0.4 is 10.2 Å². The summed E-state index contributed by atoms with van der Waals surface area (Å²) in [6, 6.07) is 2.35. The summed E-state index contributed by atoms with van der Waals surface area (Å²) in [6.07, 6.45) is 7.21. The van der Waals surface area contributed by atoms with Crippen LogP contribution in [0.25, 0.3) is 0 Å². The average molecular weight is 319 g/mol. The smallest absolute Gasteiger partial charge is 0.270 e. The van der Waals surface area contributed by atoms with Crippen molar-refractivity contribution in [2.24, 2.45) is 0 Å². The van der Waals surface area contributed by atoms with Crippen molar-refractivity contribution >= 4 is 11.7 Å². The molecule has 1 aromatic rings. The van der Waals surface area contributed by atoms with Crippen LogP contribution in [0.2, 0.25) is 0 Å². The molecule has 6 nitrogen and oxygen atoms in total. The second-order valence-electron chi connectivity index (χ2n) is 6.43. The van der Waals surface area contributed by atoms with E-state index in [4.69, 9.17) is 0 Å². The Hall–Kier alpha value is -1.69. The highest BCUT2D eigenvalue weighted by molar-refractivity contribution is 5.92. The molecule has 1 saturated heterocycles. The first kappa shape index (κ1) is 17.7. The highest BCUT2D eigenvalue weighted by Gasteiger charge is 2.22. The third-order valence-corrected chi connectivity index (χ3v) is 4.35. The van der Waals surface area contributed by atoms with Crippen molar-refractivity contribution in [1.29, 1.82) is 0 Å². The number of carbonyl (C=O) groups is 1. The maximum absolute atomic E-state index is 12.2. The van der Waals surface area contributed by atoms with Gasteiger partial charge in [0.2, 0.25) is 0 Å². The standard InChI is InChI=1S/C17H29N5O/c1-4-14-8-5-6-11-22(14)16-12-15(19-13-20-16)17(23)18-9-7-10-21(2)3/h12-14H,4-11H2,1-3H3,(H,18,23). The molecule has 1 N–H and O–H groups in total. The molecule has 0 bridgehead atoms. The van der Waals surface area contributed by atoms with E-state index in [9.17, 15) is 4.79 Å². The lowest BCUT2D eigenvalue weighted by atomic mass is 10.00. The molecule has 0 aliphatic carbocycles. The number of carbonyl (C=O) groups excluding carboxylic acids is 1. The van der Waals surface area contributed by atoms with Gasteiger partial charge in [-0.25, -0.2) is 9.97 Å². The van der Waals surface area contributed by atoms with Crippen molar-refractivity contribution in [2.75, 3.05) is 38.6 Å². The third-order valence-electron chi connectivity index (χ3n) is 4.35. The van der Waals surface area contributed by atoms with Crippen LogP contribution in [-0.2, 0) is 0 Å². The minimum absolute atomic E-state index is 0.113. The van der Waals surface area contributed by atoms with E-state index in [1.807, 2.05) is 20.2 Å². The molecule has 128 valence electrons. The van der Waals surface area contributed by atoms with Crippen molar-refractivity contribution < 1.29 is 4.79 Å². The summed E-state index contributed by atoms with van der Waals surface area (Å²) in [5.41, 5.74) is 0.459. The van der Waals surface area contributed by atoms with Crippen LogP contribution in [0.5, 0.6) is 0 Å². The summed E-state index contributed by atoms with van der Waals surface area (Å²) in [6.45, 7) is 4.85. The molecule has 1 aliphatic rings. The van der Waals surface area contributed by atoms with Crippen LogP contribution in [0.1, 0.15) is 49.5 Å². The predicted octanol–water partition coefficient (Wildman–Crippen LogP) is 1.93. The van der Waals surface area contributed by atoms with E-state index in [-0.39, 0.29) is 5.91 Å². The van der Waals surface area contributed by atoms with Crippen LogP contribution in [0.4, 0.5) is 5.82 Å². The number of aromatic nitrogens is 2. The van der Waals surface area contributed by atoms with E-state index in [0.29, 0.717) is 18.3 Å². The molecular formula is C17H29N5O. The van der Waals surface area contributed by atoms with Crippen molar-refractivity contribution in [2.45, 2.75) is 45.1 Å². The Kier molecular flexibility index (Phi) is 6.77. The maximum atomic E-state index is 12.2. The number of nitrogens with one attached hydrogen (secondary N) is 1. The summed E-state index contributed by atoms with van der Waals surface area (Å²) < 4.78 is 0. The number of nitrogens with zero attached hydrogens (tertiary/aromatic N) is 4. The van der Waals surface area contributed by atoms with E-state index < -0.39 is 0 Å². The first-order valence-electron chi connectivity index (χ1n) is 8.63. The van der Waals surface area contributed by atoms with Gasteiger partial charge in [-0.15, -0.1) is 0 Å². The van der Waals surface area contributed by atoms with Gasteiger partial charge in [-0.2, -0.15) is 0 Å². The van der Waals surface area contributed by atoms with Gasteiger partial charge in [-0.05, 0) is 52.7 Å². The van der Waals surface area contributed by atoms with Crippen molar-refractivity contribution in [3.63, 3.8) is 0 Å². The van der Waals surface area contributed by atoms with E-state index in [1.165, 1.54) is 25.6 Å².